The molecule has 0 radical (unpaired) electrons. The van der Waals surface area contributed by atoms with Crippen LogP contribution in [0.3, 0.4) is 0 Å². The Morgan fingerprint density at radius 3 is 2.62 bits per heavy atom. The molecule has 0 aliphatic carbocycles. The van der Waals surface area contributed by atoms with E-state index in [4.69, 9.17) is 16.3 Å². The minimum atomic E-state index is 0.399. The Bertz CT molecular complexity index is 842. The van der Waals surface area contributed by atoms with Gasteiger partial charge >= 0.3 is 0 Å². The smallest absolute Gasteiger partial charge is 0.249 e. The van der Waals surface area contributed by atoms with Gasteiger partial charge in [-0.3, -0.25) is 0 Å². The standard InChI is InChI=1S/C17H16ClN5O/c1-11-8-14(15(24-2)9-13(11)18)21-16-10-19-23-17(22-16)20-12-6-4-3-5-7-12/h3-10H,1-2H3,(H2,20,21,22,23). The minimum Gasteiger partial charge on any atom is -0.495 e. The van der Waals surface area contributed by atoms with Gasteiger partial charge in [0, 0.05) is 16.8 Å². The van der Waals surface area contributed by atoms with E-state index < -0.39 is 0 Å². The van der Waals surface area contributed by atoms with Gasteiger partial charge in [-0.05, 0) is 30.7 Å². The van der Waals surface area contributed by atoms with Crippen molar-refractivity contribution in [3.8, 4) is 5.75 Å². The lowest BCUT2D eigenvalue weighted by atomic mass is 10.2. The van der Waals surface area contributed by atoms with E-state index in [0.717, 1.165) is 16.9 Å². The Morgan fingerprint density at radius 2 is 1.88 bits per heavy atom. The predicted octanol–water partition coefficient (Wildman–Crippen LogP) is 4.33. The Kier molecular flexibility index (Phi) is 4.77. The number of anilines is 4. The first-order valence-electron chi connectivity index (χ1n) is 7.28. The number of benzene rings is 2. The summed E-state index contributed by atoms with van der Waals surface area (Å²) in [6, 6.07) is 13.3. The van der Waals surface area contributed by atoms with Crippen LogP contribution in [0.5, 0.6) is 5.75 Å². The van der Waals surface area contributed by atoms with Gasteiger partial charge < -0.3 is 15.4 Å². The molecule has 0 saturated carbocycles. The molecule has 6 nitrogen and oxygen atoms in total. The van der Waals surface area contributed by atoms with Crippen molar-refractivity contribution in [3.63, 3.8) is 0 Å². The van der Waals surface area contributed by atoms with Crippen LogP contribution in [0.4, 0.5) is 23.1 Å². The molecule has 2 N–H and O–H groups in total. The molecule has 0 unspecified atom stereocenters. The number of halogens is 1. The van der Waals surface area contributed by atoms with E-state index in [9.17, 15) is 0 Å². The maximum Gasteiger partial charge on any atom is 0.249 e. The Balaban J connectivity index is 1.84. The van der Waals surface area contributed by atoms with Crippen LogP contribution in [0.1, 0.15) is 5.56 Å². The topological polar surface area (TPSA) is 72.0 Å². The Labute approximate surface area is 144 Å². The van der Waals surface area contributed by atoms with Gasteiger partial charge in [0.15, 0.2) is 5.82 Å². The zero-order chi connectivity index (χ0) is 16.9. The van der Waals surface area contributed by atoms with Gasteiger partial charge in [0.1, 0.15) is 5.75 Å². The number of ether oxygens (including phenoxy) is 1. The van der Waals surface area contributed by atoms with Crippen molar-refractivity contribution in [2.24, 2.45) is 0 Å². The molecule has 0 saturated heterocycles. The van der Waals surface area contributed by atoms with E-state index in [1.807, 2.05) is 43.3 Å². The van der Waals surface area contributed by atoms with E-state index in [2.05, 4.69) is 25.8 Å². The maximum absolute atomic E-state index is 6.13. The lowest BCUT2D eigenvalue weighted by molar-refractivity contribution is 0.416. The number of nitrogens with zero attached hydrogens (tertiary/aromatic N) is 3. The summed E-state index contributed by atoms with van der Waals surface area (Å²) in [7, 11) is 1.59. The summed E-state index contributed by atoms with van der Waals surface area (Å²) >= 11 is 6.13. The number of hydrogen-bond acceptors (Lipinski definition) is 6. The second-order valence-electron chi connectivity index (χ2n) is 5.08. The first kappa shape index (κ1) is 16.0. The van der Waals surface area contributed by atoms with Crippen molar-refractivity contribution < 1.29 is 4.74 Å². The first-order valence-corrected chi connectivity index (χ1v) is 7.66. The lowest BCUT2D eigenvalue weighted by Crippen LogP contribution is -2.03. The summed E-state index contributed by atoms with van der Waals surface area (Å²) in [5.41, 5.74) is 2.58. The molecule has 0 bridgehead atoms. The molecule has 7 heteroatoms. The molecule has 24 heavy (non-hydrogen) atoms. The van der Waals surface area contributed by atoms with E-state index in [1.165, 1.54) is 0 Å². The minimum absolute atomic E-state index is 0.399. The lowest BCUT2D eigenvalue weighted by Gasteiger charge is -2.13. The molecule has 0 fully saturated rings. The van der Waals surface area contributed by atoms with Crippen LogP contribution in [0, 0.1) is 6.92 Å². The van der Waals surface area contributed by atoms with Crippen molar-refractivity contribution in [2.45, 2.75) is 6.92 Å². The SMILES string of the molecule is COc1cc(Cl)c(C)cc1Nc1cnnc(Nc2ccccc2)n1. The highest BCUT2D eigenvalue weighted by atomic mass is 35.5. The van der Waals surface area contributed by atoms with Gasteiger partial charge in [0.2, 0.25) is 5.95 Å². The van der Waals surface area contributed by atoms with E-state index in [1.54, 1.807) is 19.4 Å². The van der Waals surface area contributed by atoms with Crippen molar-refractivity contribution in [1.29, 1.82) is 0 Å². The fourth-order valence-electron chi connectivity index (χ4n) is 2.14. The fraction of sp³-hybridized carbons (Fsp3) is 0.118. The highest BCUT2D eigenvalue weighted by molar-refractivity contribution is 6.31. The maximum atomic E-state index is 6.13. The summed E-state index contributed by atoms with van der Waals surface area (Å²) in [5, 5.41) is 14.9. The number of nitrogens with one attached hydrogen (secondary N) is 2. The van der Waals surface area contributed by atoms with Crippen molar-refractivity contribution >= 4 is 34.7 Å². The van der Waals surface area contributed by atoms with Gasteiger partial charge in [-0.15, -0.1) is 5.10 Å². The van der Waals surface area contributed by atoms with Crippen LogP contribution in [0.25, 0.3) is 0 Å². The van der Waals surface area contributed by atoms with Crippen LogP contribution in [0.2, 0.25) is 5.02 Å². The Hall–Kier alpha value is -2.86. The molecular formula is C17H16ClN5O. The average Bonchev–Trinajstić information content (AvgIpc) is 2.59. The highest BCUT2D eigenvalue weighted by Crippen LogP contribution is 2.32. The van der Waals surface area contributed by atoms with Gasteiger partial charge in [0.25, 0.3) is 0 Å². The van der Waals surface area contributed by atoms with E-state index >= 15 is 0 Å². The average molecular weight is 342 g/mol. The molecule has 122 valence electrons. The normalized spacial score (nSPS) is 10.3. The Morgan fingerprint density at radius 1 is 1.08 bits per heavy atom. The van der Waals surface area contributed by atoms with Crippen LogP contribution >= 0.6 is 11.6 Å². The third-order valence-corrected chi connectivity index (χ3v) is 3.74. The van der Waals surface area contributed by atoms with E-state index in [-0.39, 0.29) is 0 Å². The molecule has 3 aromatic rings. The van der Waals surface area contributed by atoms with Crippen molar-refractivity contribution in [1.82, 2.24) is 15.2 Å². The first-order chi connectivity index (χ1) is 11.7. The summed E-state index contributed by atoms with van der Waals surface area (Å²) in [4.78, 5) is 4.41. The van der Waals surface area contributed by atoms with Crippen LogP contribution in [0.15, 0.2) is 48.7 Å². The molecule has 0 aliphatic heterocycles. The molecule has 0 amide bonds. The molecule has 0 spiro atoms. The largest absolute Gasteiger partial charge is 0.495 e. The van der Waals surface area contributed by atoms with Gasteiger partial charge in [0.05, 0.1) is 19.0 Å². The van der Waals surface area contributed by atoms with Crippen LogP contribution < -0.4 is 15.4 Å². The van der Waals surface area contributed by atoms with Gasteiger partial charge in [-0.25, -0.2) is 0 Å². The molecular weight excluding hydrogens is 326 g/mol. The van der Waals surface area contributed by atoms with Crippen molar-refractivity contribution in [3.05, 3.63) is 59.2 Å². The summed E-state index contributed by atoms with van der Waals surface area (Å²) in [6.45, 7) is 1.92. The molecule has 0 aliphatic rings. The van der Waals surface area contributed by atoms with Crippen molar-refractivity contribution in [2.75, 3.05) is 17.7 Å². The fourth-order valence-corrected chi connectivity index (χ4v) is 2.29. The summed E-state index contributed by atoms with van der Waals surface area (Å²) < 4.78 is 5.35. The molecule has 0 atom stereocenters. The van der Waals surface area contributed by atoms with Gasteiger partial charge in [-0.2, -0.15) is 10.1 Å². The summed E-state index contributed by atoms with van der Waals surface area (Å²) in [6.07, 6.45) is 1.54. The third-order valence-electron chi connectivity index (χ3n) is 3.33. The third kappa shape index (κ3) is 3.72. The quantitative estimate of drug-likeness (QED) is 0.719. The van der Waals surface area contributed by atoms with Crippen LogP contribution in [-0.4, -0.2) is 22.3 Å². The zero-order valence-electron chi connectivity index (χ0n) is 13.2. The van der Waals surface area contributed by atoms with Crippen LogP contribution in [-0.2, 0) is 0 Å². The molecule has 1 heterocycles. The summed E-state index contributed by atoms with van der Waals surface area (Å²) in [5.74, 6) is 1.57. The van der Waals surface area contributed by atoms with Gasteiger partial charge in [-0.1, -0.05) is 29.8 Å². The number of methoxy groups -OCH3 is 1. The highest BCUT2D eigenvalue weighted by Gasteiger charge is 2.09. The monoisotopic (exact) mass is 341 g/mol. The number of aryl methyl sites for hydroxylation is 1. The molecule has 2 aromatic carbocycles. The molecule has 1 aromatic heterocycles. The zero-order valence-corrected chi connectivity index (χ0v) is 14.0. The predicted molar refractivity (Wildman–Crippen MR) is 95.6 cm³/mol. The number of hydrogen-bond donors (Lipinski definition) is 2. The second-order valence-corrected chi connectivity index (χ2v) is 5.49. The number of aromatic nitrogens is 3. The van der Waals surface area contributed by atoms with E-state index in [0.29, 0.717) is 22.5 Å². The molecule has 3 rings (SSSR count). The number of rotatable bonds is 5. The second kappa shape index (κ2) is 7.14. The number of para-hydroxylation sites is 1.